The van der Waals surface area contributed by atoms with Crippen LogP contribution in [0.15, 0.2) is 40.3 Å². The number of carbonyl (C=O) groups is 2. The molecule has 3 rings (SSSR count). The molecule has 0 saturated heterocycles. The van der Waals surface area contributed by atoms with Gasteiger partial charge in [0.25, 0.3) is 0 Å². The van der Waals surface area contributed by atoms with Gasteiger partial charge in [-0.15, -0.1) is 0 Å². The summed E-state index contributed by atoms with van der Waals surface area (Å²) in [4.78, 5) is 48.2. The molecule has 2 unspecified atom stereocenters. The van der Waals surface area contributed by atoms with Gasteiger partial charge >= 0.3 is 17.7 Å². The lowest BCUT2D eigenvalue weighted by Crippen LogP contribution is -2.55. The van der Waals surface area contributed by atoms with Crippen molar-refractivity contribution in [2.75, 3.05) is 18.5 Å². The van der Waals surface area contributed by atoms with Crippen LogP contribution < -0.4 is 11.4 Å². The normalized spacial score (nSPS) is 14.9. The van der Waals surface area contributed by atoms with Crippen LogP contribution in [0.25, 0.3) is 11.2 Å². The number of fused-ring (bicyclic) bond motifs is 1. The van der Waals surface area contributed by atoms with Crippen molar-refractivity contribution < 1.29 is 18.9 Å². The molecule has 0 bridgehead atoms. The first-order valence-electron chi connectivity index (χ1n) is 11.0. The Morgan fingerprint density at radius 1 is 1.23 bits per heavy atom. The Hall–Kier alpha value is -3.74. The summed E-state index contributed by atoms with van der Waals surface area (Å²) in [5, 5.41) is 9.40. The molecular formula is C22H29N7O5S. The molecule has 35 heavy (non-hydrogen) atoms. The maximum atomic E-state index is 13.6. The van der Waals surface area contributed by atoms with Crippen LogP contribution in [0.4, 0.5) is 10.6 Å². The van der Waals surface area contributed by atoms with Crippen molar-refractivity contribution in [1.82, 2.24) is 24.0 Å². The van der Waals surface area contributed by atoms with Gasteiger partial charge in [-0.25, -0.2) is 32.9 Å². The van der Waals surface area contributed by atoms with Crippen LogP contribution >= 0.6 is 0 Å². The first-order valence-corrected chi connectivity index (χ1v) is 12.7. The molecule has 0 aliphatic heterocycles. The number of nitrogens with zero attached hydrogens (tertiary/aromatic N) is 5. The van der Waals surface area contributed by atoms with E-state index in [0.29, 0.717) is 6.42 Å². The Labute approximate surface area is 202 Å². The maximum absolute atomic E-state index is 13.6. The SMILES string of the molecule is CCCS(=N)(=O)c1nc(N)c2c(n1)n(Cc1ccccc1)c(=O)n2C(=O)N(C)C(C)(CC)C(=O)O. The predicted molar refractivity (Wildman–Crippen MR) is 131 cm³/mol. The highest BCUT2D eigenvalue weighted by Crippen LogP contribution is 2.24. The molecule has 0 saturated carbocycles. The number of carbonyl (C=O) groups excluding carboxylic acids is 1. The van der Waals surface area contributed by atoms with Crippen LogP contribution in [-0.4, -0.2) is 63.7 Å². The van der Waals surface area contributed by atoms with Gasteiger partial charge in [-0.3, -0.25) is 4.57 Å². The highest BCUT2D eigenvalue weighted by Gasteiger charge is 2.40. The summed E-state index contributed by atoms with van der Waals surface area (Å²) >= 11 is 0. The van der Waals surface area contributed by atoms with Crippen molar-refractivity contribution in [3.63, 3.8) is 0 Å². The van der Waals surface area contributed by atoms with Gasteiger partial charge in [-0.1, -0.05) is 44.2 Å². The van der Waals surface area contributed by atoms with E-state index in [2.05, 4.69) is 9.97 Å². The zero-order valence-electron chi connectivity index (χ0n) is 20.0. The van der Waals surface area contributed by atoms with Crippen molar-refractivity contribution >= 4 is 38.7 Å². The number of amides is 1. The average molecular weight is 504 g/mol. The van der Waals surface area contributed by atoms with Gasteiger partial charge in [-0.2, -0.15) is 4.98 Å². The van der Waals surface area contributed by atoms with Gasteiger partial charge in [0.05, 0.1) is 6.54 Å². The molecule has 1 amide bonds. The highest BCUT2D eigenvalue weighted by molar-refractivity contribution is 7.92. The third-order valence-corrected chi connectivity index (χ3v) is 7.87. The van der Waals surface area contributed by atoms with Gasteiger partial charge in [0.15, 0.2) is 11.5 Å². The van der Waals surface area contributed by atoms with E-state index in [1.807, 2.05) is 6.07 Å². The van der Waals surface area contributed by atoms with E-state index in [9.17, 15) is 23.7 Å². The molecule has 0 spiro atoms. The summed E-state index contributed by atoms with van der Waals surface area (Å²) in [6.45, 7) is 4.76. The van der Waals surface area contributed by atoms with Crippen LogP contribution in [0.1, 0.15) is 39.2 Å². The third-order valence-electron chi connectivity index (χ3n) is 6.11. The summed E-state index contributed by atoms with van der Waals surface area (Å²) in [5.74, 6) is -1.55. The highest BCUT2D eigenvalue weighted by atomic mass is 32.2. The molecule has 188 valence electrons. The number of carboxylic acids is 1. The number of imidazole rings is 1. The van der Waals surface area contributed by atoms with E-state index in [4.69, 9.17) is 10.5 Å². The summed E-state index contributed by atoms with van der Waals surface area (Å²) in [7, 11) is -2.10. The Morgan fingerprint density at radius 3 is 2.40 bits per heavy atom. The summed E-state index contributed by atoms with van der Waals surface area (Å²) < 4.78 is 23.0. The minimum absolute atomic E-state index is 0.00327. The molecule has 0 aliphatic rings. The first kappa shape index (κ1) is 25.9. The zero-order valence-corrected chi connectivity index (χ0v) is 20.8. The lowest BCUT2D eigenvalue weighted by atomic mass is 9.97. The quantitative estimate of drug-likeness (QED) is 0.392. The zero-order chi connectivity index (χ0) is 26.1. The molecule has 0 aliphatic carbocycles. The minimum Gasteiger partial charge on any atom is -0.480 e. The summed E-state index contributed by atoms with van der Waals surface area (Å²) in [6.07, 6.45) is 0.519. The molecule has 2 aromatic heterocycles. The minimum atomic E-state index is -3.39. The Balaban J connectivity index is 2.34. The number of likely N-dealkylation sites (N-methyl/N-ethyl adjacent to an activating group) is 1. The van der Waals surface area contributed by atoms with Gasteiger partial charge in [0.1, 0.15) is 20.8 Å². The summed E-state index contributed by atoms with van der Waals surface area (Å²) in [5.41, 5.74) is 4.25. The molecule has 2 atom stereocenters. The molecule has 1 aromatic carbocycles. The molecule has 2 heterocycles. The molecule has 4 N–H and O–H groups in total. The van der Waals surface area contributed by atoms with Crippen molar-refractivity contribution in [2.45, 2.75) is 50.9 Å². The first-order chi connectivity index (χ1) is 16.4. The topological polar surface area (TPSA) is 177 Å². The Bertz CT molecular complexity index is 1450. The van der Waals surface area contributed by atoms with Crippen molar-refractivity contribution in [1.29, 1.82) is 4.78 Å². The number of rotatable bonds is 8. The average Bonchev–Trinajstić information content (AvgIpc) is 3.09. The van der Waals surface area contributed by atoms with Gasteiger partial charge in [-0.05, 0) is 25.3 Å². The van der Waals surface area contributed by atoms with Crippen molar-refractivity contribution in [2.24, 2.45) is 0 Å². The molecule has 12 nitrogen and oxygen atoms in total. The van der Waals surface area contributed by atoms with Gasteiger partial charge in [0, 0.05) is 12.8 Å². The van der Waals surface area contributed by atoms with Crippen molar-refractivity contribution in [3.05, 3.63) is 46.4 Å². The number of nitrogen functional groups attached to an aromatic ring is 1. The fourth-order valence-electron chi connectivity index (χ4n) is 3.65. The number of hydrogen-bond acceptors (Lipinski definition) is 8. The fourth-order valence-corrected chi connectivity index (χ4v) is 4.89. The molecule has 13 heteroatoms. The number of nitrogens with one attached hydrogen (secondary N) is 1. The second-order valence-corrected chi connectivity index (χ2v) is 10.5. The van der Waals surface area contributed by atoms with Crippen LogP contribution in [0.3, 0.4) is 0 Å². The standard InChI is InChI=1S/C22H29N7O5S/c1-5-12-35(24,34)19-25-16(23)15-17(26-19)28(13-14-10-8-7-9-11-14)21(33)29(15)20(32)27(4)22(3,6-2)18(30)31/h7-11,24H,5-6,12-13H2,1-4H3,(H,30,31)(H2,23,25,26). The van der Waals surface area contributed by atoms with E-state index in [-0.39, 0.29) is 40.9 Å². The lowest BCUT2D eigenvalue weighted by molar-refractivity contribution is -0.148. The van der Waals surface area contributed by atoms with Gasteiger partial charge < -0.3 is 15.7 Å². The number of benzene rings is 1. The smallest absolute Gasteiger partial charge is 0.339 e. The van der Waals surface area contributed by atoms with E-state index in [1.165, 1.54) is 18.5 Å². The van der Waals surface area contributed by atoms with E-state index in [0.717, 1.165) is 15.0 Å². The Kier molecular flexibility index (Phi) is 7.01. The van der Waals surface area contributed by atoms with Crippen molar-refractivity contribution in [3.8, 4) is 0 Å². The van der Waals surface area contributed by atoms with Gasteiger partial charge in [0.2, 0.25) is 5.16 Å². The number of hydrogen-bond donors (Lipinski definition) is 3. The molecule has 0 radical (unpaired) electrons. The second-order valence-electron chi connectivity index (χ2n) is 8.41. The van der Waals surface area contributed by atoms with Crippen LogP contribution in [0, 0.1) is 4.78 Å². The number of anilines is 1. The predicted octanol–water partition coefficient (Wildman–Crippen LogP) is 2.19. The summed E-state index contributed by atoms with van der Waals surface area (Å²) in [6, 6.07) is 8.00. The molecule has 3 aromatic rings. The number of carboxylic acid groups (broad SMARTS) is 1. The second kappa shape index (κ2) is 9.49. The van der Waals surface area contributed by atoms with E-state index >= 15 is 0 Å². The number of nitrogens with two attached hydrogens (primary N) is 1. The van der Waals surface area contributed by atoms with Crippen LogP contribution in [0.2, 0.25) is 0 Å². The van der Waals surface area contributed by atoms with Crippen LogP contribution in [0.5, 0.6) is 0 Å². The lowest BCUT2D eigenvalue weighted by Gasteiger charge is -2.33. The number of aromatic nitrogens is 4. The molecular weight excluding hydrogens is 474 g/mol. The molecule has 0 fully saturated rings. The fraction of sp³-hybridized carbons (Fsp3) is 0.409. The maximum Gasteiger partial charge on any atom is 0.339 e. The van der Waals surface area contributed by atoms with E-state index < -0.39 is 33.0 Å². The number of aliphatic carboxylic acids is 1. The Morgan fingerprint density at radius 2 is 1.86 bits per heavy atom. The monoisotopic (exact) mass is 503 g/mol. The van der Waals surface area contributed by atoms with E-state index in [1.54, 1.807) is 38.1 Å². The largest absolute Gasteiger partial charge is 0.480 e. The van der Waals surface area contributed by atoms with Crippen LogP contribution in [-0.2, 0) is 21.1 Å². The third kappa shape index (κ3) is 4.50.